The average molecular weight is 302 g/mol. The Morgan fingerprint density at radius 1 is 1.15 bits per heavy atom. The van der Waals surface area contributed by atoms with Gasteiger partial charge < -0.3 is 22.5 Å². The van der Waals surface area contributed by atoms with Gasteiger partial charge in [-0.1, -0.05) is 12.8 Å². The molecule has 0 bridgehead atoms. The van der Waals surface area contributed by atoms with E-state index in [1.807, 2.05) is 0 Å². The molecule has 0 saturated carbocycles. The Kier molecular flexibility index (Phi) is 10.5. The van der Waals surface area contributed by atoms with Gasteiger partial charge in [0.2, 0.25) is 11.9 Å². The number of hydrogen-bond donors (Lipinski definition) is 5. The summed E-state index contributed by atoms with van der Waals surface area (Å²) in [4.78, 5) is 7.66. The van der Waals surface area contributed by atoms with E-state index in [-0.39, 0.29) is 17.9 Å². The van der Waals surface area contributed by atoms with Gasteiger partial charge in [0.05, 0.1) is 0 Å². The third kappa shape index (κ3) is 10.9. The molecule has 0 aromatic carbocycles. The normalized spacial score (nSPS) is 11.6. The molecule has 0 radical (unpaired) electrons. The van der Waals surface area contributed by atoms with Crippen molar-refractivity contribution in [3.05, 3.63) is 0 Å². The smallest absolute Gasteiger partial charge is 0.238 e. The maximum absolute atomic E-state index is 8.28. The molecule has 0 atom stereocenters. The quantitative estimate of drug-likeness (QED) is 0.137. The molecule has 0 aromatic rings. The number of nitrogens with one attached hydrogen (secondary N) is 2. The van der Waals surface area contributed by atoms with Crippen molar-refractivity contribution in [2.75, 3.05) is 13.1 Å². The molecular weight excluding hydrogens is 282 g/mol. The summed E-state index contributed by atoms with van der Waals surface area (Å²) < 4.78 is 3.38. The van der Waals surface area contributed by atoms with Crippen molar-refractivity contribution in [1.82, 2.24) is 10.6 Å². The number of hydrogen-bond acceptors (Lipinski definition) is 3. The molecule has 0 unspecified atom stereocenters. The van der Waals surface area contributed by atoms with Crippen LogP contribution in [-0.4, -0.2) is 31.0 Å². The van der Waals surface area contributed by atoms with Gasteiger partial charge in [0.1, 0.15) is 0 Å². The summed E-state index contributed by atoms with van der Waals surface area (Å²) in [6.45, 7) is 1.26. The standard InChI is InChI=1S/C10H20ClN9/c11-20-10(19-8(13)14)17-6-4-2-1-3-5-16-9(15)18-7-12/h1-6H2,(H3,15,16,18)(H5,13,14,17,19,20). The summed E-state index contributed by atoms with van der Waals surface area (Å²) in [6.07, 6.45) is 5.53. The number of guanidine groups is 3. The van der Waals surface area contributed by atoms with Gasteiger partial charge in [-0.05, 0) is 12.8 Å². The zero-order valence-corrected chi connectivity index (χ0v) is 11.9. The second-order valence-electron chi connectivity index (χ2n) is 3.79. The Balaban J connectivity index is 3.57. The molecule has 0 rings (SSSR count). The molecule has 0 fully saturated rings. The van der Waals surface area contributed by atoms with Crippen molar-refractivity contribution in [3.8, 4) is 6.19 Å². The molecule has 0 aliphatic carbocycles. The topological polar surface area (TPSA) is 163 Å². The summed E-state index contributed by atoms with van der Waals surface area (Å²) in [5.41, 5.74) is 15.8. The van der Waals surface area contributed by atoms with E-state index in [9.17, 15) is 0 Å². The van der Waals surface area contributed by atoms with Crippen LogP contribution in [0.3, 0.4) is 0 Å². The molecule has 0 aliphatic rings. The zero-order valence-electron chi connectivity index (χ0n) is 11.1. The van der Waals surface area contributed by atoms with Crippen LogP contribution in [0.2, 0.25) is 0 Å². The Morgan fingerprint density at radius 2 is 1.85 bits per heavy atom. The molecule has 0 amide bonds. The first kappa shape index (κ1) is 17.8. The Hall–Kier alpha value is -2.21. The van der Waals surface area contributed by atoms with Crippen LogP contribution in [0.5, 0.6) is 0 Å². The van der Waals surface area contributed by atoms with Gasteiger partial charge in [0, 0.05) is 24.9 Å². The van der Waals surface area contributed by atoms with Gasteiger partial charge in [0.25, 0.3) is 0 Å². The third-order valence-corrected chi connectivity index (χ3v) is 2.31. The summed E-state index contributed by atoms with van der Waals surface area (Å²) in [6, 6.07) is 0. The van der Waals surface area contributed by atoms with Crippen molar-refractivity contribution in [2.24, 2.45) is 31.7 Å². The van der Waals surface area contributed by atoms with Crippen LogP contribution < -0.4 is 27.8 Å². The molecule has 8 N–H and O–H groups in total. The van der Waals surface area contributed by atoms with Gasteiger partial charge >= 0.3 is 0 Å². The second-order valence-corrected chi connectivity index (χ2v) is 3.96. The molecule has 112 valence electrons. The summed E-state index contributed by atoms with van der Waals surface area (Å²) in [5.74, 6) is 0.249. The first-order chi connectivity index (χ1) is 9.60. The van der Waals surface area contributed by atoms with Crippen LogP contribution >= 0.6 is 11.8 Å². The van der Waals surface area contributed by atoms with E-state index in [1.54, 1.807) is 6.19 Å². The van der Waals surface area contributed by atoms with E-state index in [0.29, 0.717) is 13.1 Å². The lowest BCUT2D eigenvalue weighted by Crippen LogP contribution is -2.29. The van der Waals surface area contributed by atoms with Gasteiger partial charge in [0.15, 0.2) is 12.2 Å². The maximum Gasteiger partial charge on any atom is 0.238 e. The predicted octanol–water partition coefficient (Wildman–Crippen LogP) is -0.695. The molecule has 9 nitrogen and oxygen atoms in total. The van der Waals surface area contributed by atoms with Gasteiger partial charge in [-0.2, -0.15) is 10.3 Å². The molecule has 0 spiro atoms. The van der Waals surface area contributed by atoms with Crippen LogP contribution in [0.25, 0.3) is 0 Å². The summed E-state index contributed by atoms with van der Waals surface area (Å²) in [7, 11) is 0. The lowest BCUT2D eigenvalue weighted by atomic mass is 10.2. The highest BCUT2D eigenvalue weighted by Crippen LogP contribution is 1.99. The third-order valence-electron chi connectivity index (χ3n) is 2.15. The van der Waals surface area contributed by atoms with Crippen molar-refractivity contribution in [2.45, 2.75) is 25.7 Å². The van der Waals surface area contributed by atoms with Crippen LogP contribution in [0, 0.1) is 11.5 Å². The average Bonchev–Trinajstić information content (AvgIpc) is 2.40. The maximum atomic E-state index is 8.28. The molecule has 0 aliphatic heterocycles. The monoisotopic (exact) mass is 301 g/mol. The minimum atomic E-state index is -0.0988. The van der Waals surface area contributed by atoms with Crippen molar-refractivity contribution in [1.29, 1.82) is 5.26 Å². The minimum Gasteiger partial charge on any atom is -0.370 e. The summed E-state index contributed by atoms with van der Waals surface area (Å²) >= 11 is 5.30. The zero-order chi connectivity index (χ0) is 15.2. The van der Waals surface area contributed by atoms with E-state index in [2.05, 4.69) is 25.1 Å². The Labute approximate surface area is 123 Å². The Bertz CT molecular complexity index is 392. The first-order valence-electron chi connectivity index (χ1n) is 6.07. The largest absolute Gasteiger partial charge is 0.370 e. The number of halogens is 1. The van der Waals surface area contributed by atoms with Crippen LogP contribution in [0.15, 0.2) is 14.5 Å². The van der Waals surface area contributed by atoms with Crippen LogP contribution in [0.1, 0.15) is 25.7 Å². The molecule has 10 heteroatoms. The SMILES string of the molecule is N#CNC(N)=NCCCCCCNC(N=C(N)N)=NCl. The highest BCUT2D eigenvalue weighted by atomic mass is 35.5. The Morgan fingerprint density at radius 3 is 2.45 bits per heavy atom. The minimum absolute atomic E-state index is 0.0988. The van der Waals surface area contributed by atoms with E-state index in [1.165, 1.54) is 0 Å². The highest BCUT2D eigenvalue weighted by molar-refractivity contribution is 6.20. The number of nitrogens with zero attached hydrogens (tertiary/aromatic N) is 4. The number of rotatable bonds is 7. The molecule has 20 heavy (non-hydrogen) atoms. The van der Waals surface area contributed by atoms with Gasteiger partial charge in [-0.3, -0.25) is 10.3 Å². The molecule has 0 heterocycles. The van der Waals surface area contributed by atoms with Gasteiger partial charge in [-0.15, -0.1) is 4.51 Å². The van der Waals surface area contributed by atoms with E-state index < -0.39 is 0 Å². The number of nitrogens with two attached hydrogens (primary N) is 3. The lowest BCUT2D eigenvalue weighted by molar-refractivity contribution is 0.636. The number of nitriles is 1. The highest BCUT2D eigenvalue weighted by Gasteiger charge is 1.96. The predicted molar refractivity (Wildman–Crippen MR) is 80.8 cm³/mol. The summed E-state index contributed by atoms with van der Waals surface area (Å²) in [5, 5.41) is 13.4. The second kappa shape index (κ2) is 11.9. The van der Waals surface area contributed by atoms with E-state index >= 15 is 0 Å². The fourth-order valence-electron chi connectivity index (χ4n) is 1.30. The molecular formula is C10H20ClN9. The van der Waals surface area contributed by atoms with Crippen molar-refractivity contribution in [3.63, 3.8) is 0 Å². The van der Waals surface area contributed by atoms with E-state index in [0.717, 1.165) is 25.7 Å². The van der Waals surface area contributed by atoms with Gasteiger partial charge in [-0.25, -0.2) is 0 Å². The lowest BCUT2D eigenvalue weighted by Gasteiger charge is -2.04. The molecule has 0 saturated heterocycles. The fourth-order valence-corrected chi connectivity index (χ4v) is 1.40. The first-order valence-corrected chi connectivity index (χ1v) is 6.41. The van der Waals surface area contributed by atoms with Crippen molar-refractivity contribution < 1.29 is 0 Å². The number of unbranched alkanes of at least 4 members (excludes halogenated alkanes) is 3. The number of aliphatic imine (C=N–C) groups is 2. The van der Waals surface area contributed by atoms with Crippen LogP contribution in [-0.2, 0) is 0 Å². The van der Waals surface area contributed by atoms with E-state index in [4.69, 9.17) is 34.2 Å². The molecule has 0 aromatic heterocycles. The fraction of sp³-hybridized carbons (Fsp3) is 0.600. The van der Waals surface area contributed by atoms with Crippen molar-refractivity contribution >= 4 is 29.7 Å². The van der Waals surface area contributed by atoms with Crippen LogP contribution in [0.4, 0.5) is 0 Å².